The highest BCUT2D eigenvalue weighted by molar-refractivity contribution is 5.01. The minimum atomic E-state index is -1.51. The van der Waals surface area contributed by atoms with Crippen molar-refractivity contribution >= 4 is 0 Å². The molecule has 14 N–H and O–H groups in total. The molecular formula is C17H34N4O10. The third-order valence-electron chi connectivity index (χ3n) is 6.14. The van der Waals surface area contributed by atoms with Crippen LogP contribution >= 0.6 is 0 Å². The zero-order valence-electron chi connectivity index (χ0n) is 16.8. The van der Waals surface area contributed by atoms with E-state index in [1.54, 1.807) is 0 Å². The van der Waals surface area contributed by atoms with Crippen molar-refractivity contribution in [3.63, 3.8) is 0 Å². The molecule has 0 aromatic rings. The molecule has 3 aliphatic rings. The van der Waals surface area contributed by atoms with Crippen LogP contribution in [0.4, 0.5) is 0 Å². The second-order valence-electron chi connectivity index (χ2n) is 8.30. The van der Waals surface area contributed by atoms with Crippen molar-refractivity contribution in [3.8, 4) is 0 Å². The second-order valence-corrected chi connectivity index (χ2v) is 8.30. The molecule has 2 aliphatic heterocycles. The van der Waals surface area contributed by atoms with Gasteiger partial charge >= 0.3 is 0 Å². The SMILES string of the molecule is NCC1O[C@H](OC2C(N)CC(N)[C@@H](O)[C@H]2O[C@@H]2O[C@H](CO)[C@H](O)C2O)C(O)[C@@H](N)[C@@H]1O. The number of hydrogen-bond donors (Lipinski definition) is 10. The predicted molar refractivity (Wildman–Crippen MR) is 102 cm³/mol. The molecule has 14 nitrogen and oxygen atoms in total. The third-order valence-corrected chi connectivity index (χ3v) is 6.14. The molecule has 14 heteroatoms. The minimum Gasteiger partial charge on any atom is -0.394 e. The first-order valence-corrected chi connectivity index (χ1v) is 10.2. The number of rotatable bonds is 6. The average Bonchev–Trinajstić information content (AvgIpc) is 3.02. The predicted octanol–water partition coefficient (Wildman–Crippen LogP) is -6.65. The lowest BCUT2D eigenvalue weighted by Crippen LogP contribution is -2.68. The summed E-state index contributed by atoms with van der Waals surface area (Å²) in [5.41, 5.74) is 23.5. The van der Waals surface area contributed by atoms with Gasteiger partial charge in [0.05, 0.1) is 24.9 Å². The van der Waals surface area contributed by atoms with Crippen molar-refractivity contribution in [2.45, 2.75) is 92.1 Å². The Morgan fingerprint density at radius 1 is 0.710 bits per heavy atom. The summed E-state index contributed by atoms with van der Waals surface area (Å²) in [4.78, 5) is 0. The van der Waals surface area contributed by atoms with Gasteiger partial charge in [0.1, 0.15) is 42.7 Å². The number of hydrogen-bond acceptors (Lipinski definition) is 14. The van der Waals surface area contributed by atoms with Gasteiger partial charge in [-0.1, -0.05) is 0 Å². The maximum atomic E-state index is 10.6. The van der Waals surface area contributed by atoms with Gasteiger partial charge in [-0.05, 0) is 6.42 Å². The van der Waals surface area contributed by atoms with Crippen LogP contribution in [-0.4, -0.2) is 129 Å². The van der Waals surface area contributed by atoms with Crippen LogP contribution in [0.5, 0.6) is 0 Å². The maximum absolute atomic E-state index is 10.6. The number of aliphatic hydroxyl groups excluding tert-OH is 6. The van der Waals surface area contributed by atoms with Gasteiger partial charge in [0, 0.05) is 18.6 Å². The molecule has 1 saturated carbocycles. The second kappa shape index (κ2) is 10.1. The lowest BCUT2D eigenvalue weighted by Gasteiger charge is -2.47. The first-order chi connectivity index (χ1) is 14.6. The summed E-state index contributed by atoms with van der Waals surface area (Å²) in [6.45, 7) is -0.652. The maximum Gasteiger partial charge on any atom is 0.187 e. The van der Waals surface area contributed by atoms with Gasteiger partial charge in [-0.15, -0.1) is 0 Å². The van der Waals surface area contributed by atoms with Gasteiger partial charge in [0.25, 0.3) is 0 Å². The molecule has 3 fully saturated rings. The van der Waals surface area contributed by atoms with E-state index in [0.29, 0.717) is 0 Å². The Labute approximate surface area is 178 Å². The third kappa shape index (κ3) is 4.87. The fourth-order valence-corrected chi connectivity index (χ4v) is 4.17. The van der Waals surface area contributed by atoms with Gasteiger partial charge in [0.15, 0.2) is 12.6 Å². The van der Waals surface area contributed by atoms with E-state index < -0.39 is 92.2 Å². The summed E-state index contributed by atoms with van der Waals surface area (Å²) in [7, 11) is 0. The van der Waals surface area contributed by atoms with Crippen LogP contribution in [0.2, 0.25) is 0 Å². The van der Waals surface area contributed by atoms with E-state index in [2.05, 4.69) is 0 Å². The lowest BCUT2D eigenvalue weighted by molar-refractivity contribution is -0.315. The summed E-state index contributed by atoms with van der Waals surface area (Å²) >= 11 is 0. The van der Waals surface area contributed by atoms with Crippen molar-refractivity contribution in [1.82, 2.24) is 0 Å². The highest BCUT2D eigenvalue weighted by Crippen LogP contribution is 2.32. The highest BCUT2D eigenvalue weighted by Gasteiger charge is 2.52. The van der Waals surface area contributed by atoms with Crippen molar-refractivity contribution < 1.29 is 49.6 Å². The van der Waals surface area contributed by atoms with E-state index in [1.807, 2.05) is 0 Å². The molecule has 2 saturated heterocycles. The normalized spacial score (nSPS) is 53.6. The number of aliphatic hydroxyl groups is 6. The Morgan fingerprint density at radius 2 is 1.29 bits per heavy atom. The zero-order valence-corrected chi connectivity index (χ0v) is 16.8. The summed E-state index contributed by atoms with van der Waals surface area (Å²) in [6, 6.07) is -2.69. The Morgan fingerprint density at radius 3 is 1.87 bits per heavy atom. The quantitative estimate of drug-likeness (QED) is 0.179. The van der Waals surface area contributed by atoms with E-state index in [0.717, 1.165) is 0 Å². The molecule has 14 atom stereocenters. The molecule has 0 aromatic carbocycles. The molecule has 0 amide bonds. The van der Waals surface area contributed by atoms with Crippen LogP contribution in [0.1, 0.15) is 6.42 Å². The van der Waals surface area contributed by atoms with E-state index in [4.69, 9.17) is 41.9 Å². The van der Waals surface area contributed by atoms with Gasteiger partial charge in [-0.2, -0.15) is 0 Å². The van der Waals surface area contributed by atoms with Crippen LogP contribution in [0, 0.1) is 0 Å². The molecule has 0 radical (unpaired) electrons. The Hall–Kier alpha value is -0.560. The minimum absolute atomic E-state index is 0.0891. The fraction of sp³-hybridized carbons (Fsp3) is 1.00. The summed E-state index contributed by atoms with van der Waals surface area (Å²) < 4.78 is 22.4. The summed E-state index contributed by atoms with van der Waals surface area (Å²) in [5.74, 6) is 0. The Kier molecular flexibility index (Phi) is 8.21. The van der Waals surface area contributed by atoms with Crippen molar-refractivity contribution in [2.24, 2.45) is 22.9 Å². The standard InChI is InChI=1S/C17H34N4O10/c18-2-6-10(24)8(21)12(26)16(28-6)30-14-5(20)1-4(19)9(23)15(14)31-17-13(27)11(25)7(3-22)29-17/h4-17,22-27H,1-3,18-21H2/t4?,5?,6?,7-,8+,9-,10-,11+,12?,13?,14?,15-,16-,17+/m1/s1. The average molecular weight is 454 g/mol. The molecule has 31 heavy (non-hydrogen) atoms. The van der Waals surface area contributed by atoms with Crippen molar-refractivity contribution in [2.75, 3.05) is 13.2 Å². The number of ether oxygens (including phenoxy) is 4. The fourth-order valence-electron chi connectivity index (χ4n) is 4.17. The van der Waals surface area contributed by atoms with E-state index in [-0.39, 0.29) is 13.0 Å². The lowest BCUT2D eigenvalue weighted by atomic mass is 9.84. The first kappa shape index (κ1) is 25.1. The Balaban J connectivity index is 1.78. The van der Waals surface area contributed by atoms with E-state index >= 15 is 0 Å². The van der Waals surface area contributed by atoms with Crippen molar-refractivity contribution in [1.29, 1.82) is 0 Å². The molecule has 1 aliphatic carbocycles. The van der Waals surface area contributed by atoms with Gasteiger partial charge < -0.3 is 72.5 Å². The summed E-state index contributed by atoms with van der Waals surface area (Å²) in [5, 5.41) is 60.5. The Bertz CT molecular complexity index is 591. The monoisotopic (exact) mass is 454 g/mol. The van der Waals surface area contributed by atoms with Crippen molar-refractivity contribution in [3.05, 3.63) is 0 Å². The van der Waals surface area contributed by atoms with Crippen LogP contribution in [0.3, 0.4) is 0 Å². The first-order valence-electron chi connectivity index (χ1n) is 10.2. The van der Waals surface area contributed by atoms with Crippen LogP contribution < -0.4 is 22.9 Å². The molecule has 2 heterocycles. The highest BCUT2D eigenvalue weighted by atomic mass is 16.7. The molecule has 6 unspecified atom stereocenters. The number of nitrogens with two attached hydrogens (primary N) is 4. The van der Waals surface area contributed by atoms with Gasteiger partial charge in [-0.25, -0.2) is 0 Å². The largest absolute Gasteiger partial charge is 0.394 e. The topological polar surface area (TPSA) is 262 Å². The van der Waals surface area contributed by atoms with Crippen LogP contribution in [0.25, 0.3) is 0 Å². The molecule has 0 aromatic heterocycles. The zero-order chi connectivity index (χ0) is 23.0. The summed E-state index contributed by atoms with van der Waals surface area (Å²) in [6.07, 6.45) is -13.9. The smallest absolute Gasteiger partial charge is 0.187 e. The molecule has 3 rings (SSSR count). The molecular weight excluding hydrogens is 420 g/mol. The van der Waals surface area contributed by atoms with Gasteiger partial charge in [0.2, 0.25) is 0 Å². The van der Waals surface area contributed by atoms with Crippen LogP contribution in [-0.2, 0) is 18.9 Å². The molecule has 0 bridgehead atoms. The van der Waals surface area contributed by atoms with Gasteiger partial charge in [-0.3, -0.25) is 0 Å². The molecule has 182 valence electrons. The molecule has 0 spiro atoms. The van der Waals surface area contributed by atoms with Crippen LogP contribution in [0.15, 0.2) is 0 Å². The van der Waals surface area contributed by atoms with E-state index in [9.17, 15) is 30.6 Å². The van der Waals surface area contributed by atoms with E-state index in [1.165, 1.54) is 0 Å².